The molecule has 1 heterocycles. The van der Waals surface area contributed by atoms with Gasteiger partial charge < -0.3 is 9.47 Å². The van der Waals surface area contributed by atoms with E-state index in [1.165, 1.54) is 18.2 Å². The van der Waals surface area contributed by atoms with Gasteiger partial charge >= 0.3 is 6.18 Å². The second kappa shape index (κ2) is 5.25. The molecule has 2 atom stereocenters. The van der Waals surface area contributed by atoms with Crippen LogP contribution in [-0.2, 0) is 9.47 Å². The Morgan fingerprint density at radius 1 is 1.33 bits per heavy atom. The van der Waals surface area contributed by atoms with Crippen molar-refractivity contribution in [3.63, 3.8) is 0 Å². The average molecular weight is 301 g/mol. The van der Waals surface area contributed by atoms with E-state index in [9.17, 15) is 13.2 Å². The van der Waals surface area contributed by atoms with Crippen LogP contribution in [0.25, 0.3) is 0 Å². The minimum absolute atomic E-state index is 0.0680. The molecule has 0 amide bonds. The Morgan fingerprint density at radius 2 is 1.89 bits per heavy atom. The van der Waals surface area contributed by atoms with E-state index >= 15 is 0 Å². The summed E-state index contributed by atoms with van der Waals surface area (Å²) in [4.78, 5) is 0. The van der Waals surface area contributed by atoms with Crippen LogP contribution in [-0.4, -0.2) is 25.5 Å². The maximum atomic E-state index is 13.0. The monoisotopic (exact) mass is 300 g/mol. The van der Waals surface area contributed by atoms with E-state index in [0.717, 1.165) is 0 Å². The van der Waals surface area contributed by atoms with E-state index in [-0.39, 0.29) is 28.3 Å². The van der Waals surface area contributed by atoms with E-state index in [0.29, 0.717) is 6.61 Å². The van der Waals surface area contributed by atoms with Crippen molar-refractivity contribution >= 4 is 23.2 Å². The summed E-state index contributed by atoms with van der Waals surface area (Å²) in [6.45, 7) is 0.284. The van der Waals surface area contributed by atoms with Crippen molar-refractivity contribution in [2.24, 2.45) is 0 Å². The van der Waals surface area contributed by atoms with Gasteiger partial charge in [-0.3, -0.25) is 0 Å². The van der Waals surface area contributed by atoms with Crippen LogP contribution < -0.4 is 0 Å². The van der Waals surface area contributed by atoms with Gasteiger partial charge in [0, 0.05) is 15.6 Å². The smallest absolute Gasteiger partial charge is 0.371 e. The Hall–Kier alpha value is -0.490. The van der Waals surface area contributed by atoms with Crippen molar-refractivity contribution in [1.82, 2.24) is 0 Å². The molecule has 1 fully saturated rings. The first-order valence-electron chi connectivity index (χ1n) is 5.13. The maximum absolute atomic E-state index is 13.0. The predicted octanol–water partition coefficient (Wildman–Crippen LogP) is 4.01. The minimum atomic E-state index is -4.58. The van der Waals surface area contributed by atoms with Gasteiger partial charge in [0.25, 0.3) is 0 Å². The zero-order valence-corrected chi connectivity index (χ0v) is 10.5. The molecule has 2 nitrogen and oxygen atoms in total. The number of alkyl halides is 3. The van der Waals surface area contributed by atoms with Crippen LogP contribution in [0.4, 0.5) is 13.2 Å². The zero-order chi connectivity index (χ0) is 13.3. The number of ether oxygens (including phenoxy) is 2. The van der Waals surface area contributed by atoms with Crippen molar-refractivity contribution in [2.45, 2.75) is 18.4 Å². The molecule has 1 aromatic rings. The Balaban J connectivity index is 2.26. The molecular weight excluding hydrogens is 292 g/mol. The number of halogens is 5. The van der Waals surface area contributed by atoms with Crippen LogP contribution in [0, 0.1) is 0 Å². The van der Waals surface area contributed by atoms with Gasteiger partial charge in [-0.15, -0.1) is 0 Å². The van der Waals surface area contributed by atoms with E-state index in [2.05, 4.69) is 0 Å². The lowest BCUT2D eigenvalue weighted by atomic mass is 10.1. The molecule has 0 N–H and O–H groups in total. The van der Waals surface area contributed by atoms with Crippen LogP contribution in [0.2, 0.25) is 10.0 Å². The van der Waals surface area contributed by atoms with Crippen LogP contribution in [0.3, 0.4) is 0 Å². The Kier molecular flexibility index (Phi) is 4.06. The Morgan fingerprint density at radius 3 is 2.33 bits per heavy atom. The lowest BCUT2D eigenvalue weighted by Gasteiger charge is -2.22. The molecule has 1 aromatic carbocycles. The van der Waals surface area contributed by atoms with Crippen molar-refractivity contribution < 1.29 is 22.6 Å². The summed E-state index contributed by atoms with van der Waals surface area (Å²) in [6.07, 6.45) is -6.98. The minimum Gasteiger partial charge on any atom is -0.371 e. The summed E-state index contributed by atoms with van der Waals surface area (Å²) in [6, 6.07) is 4.17. The molecule has 0 bridgehead atoms. The van der Waals surface area contributed by atoms with Crippen LogP contribution >= 0.6 is 23.2 Å². The molecule has 7 heteroatoms. The number of rotatable bonds is 4. The first-order valence-corrected chi connectivity index (χ1v) is 5.89. The molecule has 1 aliphatic heterocycles. The summed E-state index contributed by atoms with van der Waals surface area (Å²) in [7, 11) is 0. The molecule has 1 aliphatic rings. The highest BCUT2D eigenvalue weighted by Crippen LogP contribution is 2.42. The van der Waals surface area contributed by atoms with E-state index < -0.39 is 12.3 Å². The molecule has 0 aliphatic carbocycles. The van der Waals surface area contributed by atoms with Gasteiger partial charge in [-0.25, -0.2) is 0 Å². The standard InChI is InChI=1S/C11H9Cl2F3O2/c12-7-2-1-3-8(13)9(7)10(11(14,15)16)18-5-6-4-17-6/h1-3,6,10H,4-5H2/t6-,10+/m0/s1. The third-order valence-corrected chi connectivity index (χ3v) is 3.07. The van der Waals surface area contributed by atoms with E-state index in [1.807, 2.05) is 0 Å². The second-order valence-corrected chi connectivity index (χ2v) is 4.66. The lowest BCUT2D eigenvalue weighted by Crippen LogP contribution is -2.25. The number of benzene rings is 1. The third-order valence-electron chi connectivity index (χ3n) is 2.41. The normalized spacial score (nSPS) is 20.8. The number of hydrogen-bond acceptors (Lipinski definition) is 2. The molecule has 0 radical (unpaired) electrons. The number of epoxide rings is 1. The largest absolute Gasteiger partial charge is 0.418 e. The molecule has 100 valence electrons. The van der Waals surface area contributed by atoms with Crippen LogP contribution in [0.15, 0.2) is 18.2 Å². The molecule has 0 unspecified atom stereocenters. The van der Waals surface area contributed by atoms with Crippen molar-refractivity contribution in [3.05, 3.63) is 33.8 Å². The van der Waals surface area contributed by atoms with Crippen molar-refractivity contribution in [1.29, 1.82) is 0 Å². The predicted molar refractivity (Wildman–Crippen MR) is 61.0 cm³/mol. The fraction of sp³-hybridized carbons (Fsp3) is 0.455. The average Bonchev–Trinajstić information content (AvgIpc) is 3.04. The molecule has 0 saturated carbocycles. The quantitative estimate of drug-likeness (QED) is 0.784. The van der Waals surface area contributed by atoms with Gasteiger partial charge in [0.05, 0.1) is 13.2 Å². The van der Waals surface area contributed by atoms with Gasteiger partial charge in [-0.05, 0) is 12.1 Å². The fourth-order valence-electron chi connectivity index (χ4n) is 1.47. The van der Waals surface area contributed by atoms with Crippen LogP contribution in [0.1, 0.15) is 11.7 Å². The van der Waals surface area contributed by atoms with Gasteiger partial charge in [-0.2, -0.15) is 13.2 Å². The van der Waals surface area contributed by atoms with Crippen molar-refractivity contribution in [2.75, 3.05) is 13.2 Å². The Bertz CT molecular complexity index is 413. The highest BCUT2D eigenvalue weighted by Gasteiger charge is 2.45. The summed E-state index contributed by atoms with van der Waals surface area (Å²) in [5, 5.41) is -0.136. The fourth-order valence-corrected chi connectivity index (χ4v) is 2.07. The summed E-state index contributed by atoms with van der Waals surface area (Å²) in [5.41, 5.74) is -0.256. The number of hydrogen-bond donors (Lipinski definition) is 0. The maximum Gasteiger partial charge on any atom is 0.418 e. The summed E-state index contributed by atoms with van der Waals surface area (Å²) >= 11 is 11.5. The molecule has 2 rings (SSSR count). The molecular formula is C11H9Cl2F3O2. The van der Waals surface area contributed by atoms with Gasteiger partial charge in [0.15, 0.2) is 6.10 Å². The molecule has 18 heavy (non-hydrogen) atoms. The van der Waals surface area contributed by atoms with Crippen LogP contribution in [0.5, 0.6) is 0 Å². The molecule has 0 aromatic heterocycles. The van der Waals surface area contributed by atoms with E-state index in [4.69, 9.17) is 32.7 Å². The van der Waals surface area contributed by atoms with E-state index in [1.54, 1.807) is 0 Å². The first kappa shape index (κ1) is 13.9. The summed E-state index contributed by atoms with van der Waals surface area (Å²) < 4.78 is 48.5. The van der Waals surface area contributed by atoms with Gasteiger partial charge in [-0.1, -0.05) is 29.3 Å². The highest BCUT2D eigenvalue weighted by molar-refractivity contribution is 6.36. The van der Waals surface area contributed by atoms with Gasteiger partial charge in [0.1, 0.15) is 6.10 Å². The zero-order valence-electron chi connectivity index (χ0n) is 9.01. The SMILES string of the molecule is FC(F)(F)[C@H](OC[C@@H]1CO1)c1c(Cl)cccc1Cl. The van der Waals surface area contributed by atoms with Gasteiger partial charge in [0.2, 0.25) is 0 Å². The molecule has 0 spiro atoms. The highest BCUT2D eigenvalue weighted by atomic mass is 35.5. The second-order valence-electron chi connectivity index (χ2n) is 3.85. The lowest BCUT2D eigenvalue weighted by molar-refractivity contribution is -0.224. The molecule has 1 saturated heterocycles. The first-order chi connectivity index (χ1) is 8.39. The third kappa shape index (κ3) is 3.29. The Labute approximate surface area is 112 Å². The summed E-state index contributed by atoms with van der Waals surface area (Å²) in [5.74, 6) is 0. The topological polar surface area (TPSA) is 21.8 Å². The van der Waals surface area contributed by atoms with Crippen molar-refractivity contribution in [3.8, 4) is 0 Å².